The van der Waals surface area contributed by atoms with Crippen LogP contribution in [0, 0.1) is 0 Å². The first-order chi connectivity index (χ1) is 12.3. The second-order valence-electron chi connectivity index (χ2n) is 5.98. The number of aromatic nitrogens is 1. The predicted molar refractivity (Wildman–Crippen MR) is 109 cm³/mol. The molecule has 2 aromatic rings. The van der Waals surface area contributed by atoms with Gasteiger partial charge in [0.15, 0.2) is 15.8 Å². The molecule has 142 valence electrons. The number of aryl methyl sites for hydroxylation is 1. The van der Waals surface area contributed by atoms with Gasteiger partial charge < -0.3 is 14.8 Å². The summed E-state index contributed by atoms with van der Waals surface area (Å²) in [7, 11) is 0.607. The summed E-state index contributed by atoms with van der Waals surface area (Å²) in [4.78, 5) is 6.81. The Kier molecular flexibility index (Phi) is 7.28. The zero-order chi connectivity index (χ0) is 19.2. The number of halogens is 1. The van der Waals surface area contributed by atoms with Gasteiger partial charge in [0, 0.05) is 37.0 Å². The Bertz CT molecular complexity index is 847. The zero-order valence-corrected chi connectivity index (χ0v) is 17.7. The van der Waals surface area contributed by atoms with Gasteiger partial charge in [-0.3, -0.25) is 4.99 Å². The van der Waals surface area contributed by atoms with E-state index in [9.17, 15) is 8.42 Å². The van der Waals surface area contributed by atoms with Crippen LogP contribution < -0.4 is 5.32 Å². The minimum atomic E-state index is -3.32. The Morgan fingerprint density at radius 2 is 2.00 bits per heavy atom. The summed E-state index contributed by atoms with van der Waals surface area (Å²) in [5.41, 5.74) is 1.13. The van der Waals surface area contributed by atoms with Crippen molar-refractivity contribution in [2.45, 2.75) is 18.4 Å². The lowest BCUT2D eigenvalue weighted by atomic mass is 10.4. The molecule has 0 atom stereocenters. The average Bonchev–Trinajstić information content (AvgIpc) is 2.92. The lowest BCUT2D eigenvalue weighted by Crippen LogP contribution is -2.39. The maximum absolute atomic E-state index is 12.4. The van der Waals surface area contributed by atoms with E-state index >= 15 is 0 Å². The molecule has 0 aliphatic carbocycles. The van der Waals surface area contributed by atoms with Crippen LogP contribution in [-0.4, -0.2) is 49.7 Å². The molecule has 1 aromatic carbocycles. The molecule has 1 heterocycles. The molecule has 0 aliphatic rings. The highest BCUT2D eigenvalue weighted by Crippen LogP contribution is 2.15. The third kappa shape index (κ3) is 5.60. The van der Waals surface area contributed by atoms with Crippen LogP contribution in [0.25, 0.3) is 0 Å². The summed E-state index contributed by atoms with van der Waals surface area (Å²) in [5.74, 6) is 0.670. The van der Waals surface area contributed by atoms with Gasteiger partial charge in [0.1, 0.15) is 0 Å². The fourth-order valence-corrected chi connectivity index (χ4v) is 4.24. The first kappa shape index (κ1) is 20.5. The number of guanidine groups is 1. The van der Waals surface area contributed by atoms with Crippen molar-refractivity contribution in [2.75, 3.05) is 25.9 Å². The lowest BCUT2D eigenvalue weighted by molar-refractivity contribution is 0.462. The van der Waals surface area contributed by atoms with Crippen molar-refractivity contribution in [1.29, 1.82) is 0 Å². The van der Waals surface area contributed by atoms with Gasteiger partial charge in [-0.15, -0.1) is 0 Å². The maximum atomic E-state index is 12.4. The van der Waals surface area contributed by atoms with Gasteiger partial charge in [-0.05, 0) is 41.1 Å². The van der Waals surface area contributed by atoms with Gasteiger partial charge in [-0.1, -0.05) is 18.2 Å². The molecule has 0 unspecified atom stereocenters. The van der Waals surface area contributed by atoms with Crippen molar-refractivity contribution in [3.63, 3.8) is 0 Å². The molecule has 0 bridgehead atoms. The number of hydrogen-bond donors (Lipinski definition) is 1. The molecule has 0 aliphatic heterocycles. The van der Waals surface area contributed by atoms with E-state index in [0.717, 1.165) is 10.2 Å². The maximum Gasteiger partial charge on any atom is 0.194 e. The van der Waals surface area contributed by atoms with E-state index in [0.29, 0.717) is 23.9 Å². The van der Waals surface area contributed by atoms with Crippen LogP contribution in [0.3, 0.4) is 0 Å². The molecule has 1 N–H and O–H groups in total. The minimum Gasteiger partial charge on any atom is -0.357 e. The fourth-order valence-electron chi connectivity index (χ4n) is 2.53. The van der Waals surface area contributed by atoms with Gasteiger partial charge in [0.25, 0.3) is 0 Å². The largest absolute Gasteiger partial charge is 0.357 e. The molecule has 0 saturated heterocycles. The third-order valence-electron chi connectivity index (χ3n) is 3.89. The van der Waals surface area contributed by atoms with E-state index in [4.69, 9.17) is 0 Å². The number of hydrogen-bond acceptors (Lipinski definition) is 3. The number of rotatable bonds is 7. The highest BCUT2D eigenvalue weighted by molar-refractivity contribution is 9.10. The SMILES string of the molecule is CCNC(=NCCS(=O)(=O)c1ccccc1)N(C)Cc1cc(Br)cn1C. The molecule has 0 saturated carbocycles. The second kappa shape index (κ2) is 9.23. The van der Waals surface area contributed by atoms with Gasteiger partial charge in [-0.25, -0.2) is 8.42 Å². The topological polar surface area (TPSA) is 66.7 Å². The average molecular weight is 441 g/mol. The zero-order valence-electron chi connectivity index (χ0n) is 15.3. The fraction of sp³-hybridized carbons (Fsp3) is 0.389. The molecule has 0 fully saturated rings. The lowest BCUT2D eigenvalue weighted by Gasteiger charge is -2.22. The molecule has 0 spiro atoms. The van der Waals surface area contributed by atoms with Gasteiger partial charge in [0.05, 0.1) is 23.7 Å². The molecule has 0 radical (unpaired) electrons. The quantitative estimate of drug-likeness (QED) is 0.530. The Morgan fingerprint density at radius 1 is 1.31 bits per heavy atom. The van der Waals surface area contributed by atoms with E-state index in [2.05, 4.69) is 32.3 Å². The monoisotopic (exact) mass is 440 g/mol. The normalized spacial score (nSPS) is 12.2. The van der Waals surface area contributed by atoms with Crippen molar-refractivity contribution in [1.82, 2.24) is 14.8 Å². The van der Waals surface area contributed by atoms with Crippen LogP contribution in [0.1, 0.15) is 12.6 Å². The van der Waals surface area contributed by atoms with Crippen molar-refractivity contribution in [3.05, 3.63) is 52.8 Å². The number of aliphatic imine (C=N–C) groups is 1. The van der Waals surface area contributed by atoms with Crippen LogP contribution in [0.2, 0.25) is 0 Å². The molecule has 8 heteroatoms. The summed E-state index contributed by atoms with van der Waals surface area (Å²) >= 11 is 3.47. The van der Waals surface area contributed by atoms with Crippen molar-refractivity contribution in [2.24, 2.45) is 12.0 Å². The van der Waals surface area contributed by atoms with E-state index in [1.54, 1.807) is 30.3 Å². The molecular weight excluding hydrogens is 416 g/mol. The number of benzene rings is 1. The first-order valence-corrected chi connectivity index (χ1v) is 10.9. The second-order valence-corrected chi connectivity index (χ2v) is 9.01. The van der Waals surface area contributed by atoms with E-state index in [1.165, 1.54) is 0 Å². The summed E-state index contributed by atoms with van der Waals surface area (Å²) in [5, 5.41) is 3.22. The van der Waals surface area contributed by atoms with Gasteiger partial charge in [-0.2, -0.15) is 0 Å². The molecule has 1 aromatic heterocycles. The third-order valence-corrected chi connectivity index (χ3v) is 6.04. The van der Waals surface area contributed by atoms with Crippen LogP contribution in [-0.2, 0) is 23.4 Å². The van der Waals surface area contributed by atoms with Crippen LogP contribution in [0.15, 0.2) is 57.0 Å². The van der Waals surface area contributed by atoms with Crippen molar-refractivity contribution < 1.29 is 8.42 Å². The van der Waals surface area contributed by atoms with Crippen molar-refractivity contribution >= 4 is 31.7 Å². The Labute approximate surface area is 164 Å². The molecule has 26 heavy (non-hydrogen) atoms. The van der Waals surface area contributed by atoms with Crippen LogP contribution in [0.4, 0.5) is 0 Å². The van der Waals surface area contributed by atoms with E-state index < -0.39 is 9.84 Å². The van der Waals surface area contributed by atoms with Gasteiger partial charge in [0.2, 0.25) is 0 Å². The van der Waals surface area contributed by atoms with E-state index in [1.807, 2.05) is 36.7 Å². The molecule has 2 rings (SSSR count). The van der Waals surface area contributed by atoms with Crippen LogP contribution >= 0.6 is 15.9 Å². The summed E-state index contributed by atoms with van der Waals surface area (Å²) in [6.45, 7) is 3.58. The summed E-state index contributed by atoms with van der Waals surface area (Å²) in [6, 6.07) is 10.5. The Morgan fingerprint density at radius 3 is 2.58 bits per heavy atom. The number of nitrogens with one attached hydrogen (secondary N) is 1. The smallest absolute Gasteiger partial charge is 0.194 e. The molecule has 6 nitrogen and oxygen atoms in total. The van der Waals surface area contributed by atoms with Crippen molar-refractivity contribution in [3.8, 4) is 0 Å². The number of sulfone groups is 1. The van der Waals surface area contributed by atoms with Crippen LogP contribution in [0.5, 0.6) is 0 Å². The van der Waals surface area contributed by atoms with E-state index in [-0.39, 0.29) is 12.3 Å². The molecular formula is C18H25BrN4O2S. The number of nitrogens with zero attached hydrogens (tertiary/aromatic N) is 3. The minimum absolute atomic E-state index is 0.0184. The molecule has 0 amide bonds. The highest BCUT2D eigenvalue weighted by Gasteiger charge is 2.14. The Balaban J connectivity index is 2.05. The predicted octanol–water partition coefficient (Wildman–Crippen LogP) is 2.66. The van der Waals surface area contributed by atoms with Gasteiger partial charge >= 0.3 is 0 Å². The Hall–Kier alpha value is -1.80. The first-order valence-electron chi connectivity index (χ1n) is 8.41. The summed E-state index contributed by atoms with van der Waals surface area (Å²) in [6.07, 6.45) is 2.00. The highest BCUT2D eigenvalue weighted by atomic mass is 79.9. The summed E-state index contributed by atoms with van der Waals surface area (Å²) < 4.78 is 27.8. The standard InChI is InChI=1S/C18H25BrN4O2S/c1-4-20-18(23(3)14-16-12-15(19)13-22(16)2)21-10-11-26(24,25)17-8-6-5-7-9-17/h5-9,12-13H,4,10-11,14H2,1-3H3,(H,20,21).